The highest BCUT2D eigenvalue weighted by molar-refractivity contribution is 14.1. The summed E-state index contributed by atoms with van der Waals surface area (Å²) in [6.45, 7) is 0.229. The first kappa shape index (κ1) is 8.44. The van der Waals surface area contributed by atoms with E-state index in [1.165, 1.54) is 11.0 Å². The SMILES string of the molecule is CNC(=O)Cn1cnc(I)n1. The third-order valence-electron chi connectivity index (χ3n) is 1.09. The predicted molar refractivity (Wildman–Crippen MR) is 46.8 cm³/mol. The van der Waals surface area contributed by atoms with Crippen LogP contribution in [0.15, 0.2) is 6.33 Å². The monoisotopic (exact) mass is 266 g/mol. The van der Waals surface area contributed by atoms with Gasteiger partial charge in [0.2, 0.25) is 9.74 Å². The maximum atomic E-state index is 10.8. The van der Waals surface area contributed by atoms with Gasteiger partial charge in [0.25, 0.3) is 0 Å². The Balaban J connectivity index is 2.57. The highest BCUT2D eigenvalue weighted by Crippen LogP contribution is 1.92. The van der Waals surface area contributed by atoms with Crippen molar-refractivity contribution in [1.82, 2.24) is 20.1 Å². The van der Waals surface area contributed by atoms with Gasteiger partial charge in [-0.2, -0.15) is 0 Å². The first-order valence-electron chi connectivity index (χ1n) is 2.98. The minimum absolute atomic E-state index is 0.0775. The minimum atomic E-state index is -0.0775. The molecule has 1 aromatic heterocycles. The molecule has 1 heterocycles. The van der Waals surface area contributed by atoms with Crippen molar-refractivity contribution >= 4 is 28.5 Å². The van der Waals surface area contributed by atoms with Gasteiger partial charge in [0, 0.05) is 29.6 Å². The normalized spacial score (nSPS) is 9.64. The summed E-state index contributed by atoms with van der Waals surface area (Å²) in [5.41, 5.74) is 0. The number of hydrogen-bond donors (Lipinski definition) is 1. The molecule has 0 aliphatic carbocycles. The molecule has 6 heteroatoms. The maximum Gasteiger partial charge on any atom is 0.241 e. The highest BCUT2D eigenvalue weighted by atomic mass is 127. The van der Waals surface area contributed by atoms with Crippen LogP contribution in [0, 0.1) is 3.83 Å². The van der Waals surface area contributed by atoms with Crippen LogP contribution in [0.1, 0.15) is 0 Å². The van der Waals surface area contributed by atoms with Gasteiger partial charge in [-0.1, -0.05) is 0 Å². The molecule has 0 aliphatic heterocycles. The van der Waals surface area contributed by atoms with E-state index < -0.39 is 0 Å². The van der Waals surface area contributed by atoms with Crippen molar-refractivity contribution in [3.63, 3.8) is 0 Å². The van der Waals surface area contributed by atoms with Crippen molar-refractivity contribution in [1.29, 1.82) is 0 Å². The lowest BCUT2D eigenvalue weighted by atomic mass is 10.6. The maximum absolute atomic E-state index is 10.8. The number of halogens is 1. The Labute approximate surface area is 77.3 Å². The Morgan fingerprint density at radius 1 is 1.91 bits per heavy atom. The van der Waals surface area contributed by atoms with E-state index >= 15 is 0 Å². The Morgan fingerprint density at radius 2 is 2.64 bits per heavy atom. The molecule has 1 N–H and O–H groups in total. The summed E-state index contributed by atoms with van der Waals surface area (Å²) in [5, 5.41) is 6.42. The zero-order valence-corrected chi connectivity index (χ0v) is 8.07. The topological polar surface area (TPSA) is 59.8 Å². The van der Waals surface area contributed by atoms with E-state index in [0.29, 0.717) is 3.83 Å². The van der Waals surface area contributed by atoms with Crippen molar-refractivity contribution in [2.75, 3.05) is 7.05 Å². The number of carbonyl (C=O) groups is 1. The van der Waals surface area contributed by atoms with Gasteiger partial charge in [-0.15, -0.1) is 5.10 Å². The molecule has 0 saturated heterocycles. The average molecular weight is 266 g/mol. The quantitative estimate of drug-likeness (QED) is 0.743. The van der Waals surface area contributed by atoms with E-state index in [0.717, 1.165) is 0 Å². The van der Waals surface area contributed by atoms with Crippen molar-refractivity contribution in [3.05, 3.63) is 10.2 Å². The largest absolute Gasteiger partial charge is 0.358 e. The molecule has 0 radical (unpaired) electrons. The zero-order chi connectivity index (χ0) is 8.27. The van der Waals surface area contributed by atoms with Gasteiger partial charge in [0.05, 0.1) is 0 Å². The summed E-state index contributed by atoms with van der Waals surface area (Å²) in [7, 11) is 1.59. The second-order valence-electron chi connectivity index (χ2n) is 1.88. The Kier molecular flexibility index (Phi) is 2.80. The molecule has 0 aromatic carbocycles. The van der Waals surface area contributed by atoms with Crippen LogP contribution in [0.2, 0.25) is 0 Å². The minimum Gasteiger partial charge on any atom is -0.358 e. The first-order chi connectivity index (χ1) is 5.22. The van der Waals surface area contributed by atoms with Crippen LogP contribution in [0.3, 0.4) is 0 Å². The molecule has 1 amide bonds. The second kappa shape index (κ2) is 3.65. The van der Waals surface area contributed by atoms with Crippen LogP contribution in [0.25, 0.3) is 0 Å². The molecule has 0 bridgehead atoms. The number of rotatable bonds is 2. The number of aromatic nitrogens is 3. The summed E-state index contributed by atoms with van der Waals surface area (Å²) in [6.07, 6.45) is 1.52. The summed E-state index contributed by atoms with van der Waals surface area (Å²) in [6, 6.07) is 0. The van der Waals surface area contributed by atoms with Crippen LogP contribution < -0.4 is 5.32 Å². The summed E-state index contributed by atoms with van der Waals surface area (Å²) in [4.78, 5) is 14.7. The third kappa shape index (κ3) is 2.45. The fraction of sp³-hybridized carbons (Fsp3) is 0.400. The van der Waals surface area contributed by atoms with Gasteiger partial charge in [0.15, 0.2) is 0 Å². The Bertz CT molecular complexity index is 259. The molecule has 60 valence electrons. The van der Waals surface area contributed by atoms with E-state index in [1.54, 1.807) is 7.05 Å². The van der Waals surface area contributed by atoms with E-state index in [2.05, 4.69) is 15.4 Å². The molecule has 0 spiro atoms. The van der Waals surface area contributed by atoms with Crippen LogP contribution in [-0.4, -0.2) is 27.7 Å². The molecule has 0 atom stereocenters. The fourth-order valence-corrected chi connectivity index (χ4v) is 0.976. The van der Waals surface area contributed by atoms with Gasteiger partial charge >= 0.3 is 0 Å². The lowest BCUT2D eigenvalue weighted by Gasteiger charge is -1.96. The number of nitrogens with one attached hydrogen (secondary N) is 1. The second-order valence-corrected chi connectivity index (χ2v) is 2.85. The lowest BCUT2D eigenvalue weighted by molar-refractivity contribution is -0.121. The van der Waals surface area contributed by atoms with E-state index in [4.69, 9.17) is 0 Å². The van der Waals surface area contributed by atoms with Crippen LogP contribution >= 0.6 is 22.6 Å². The van der Waals surface area contributed by atoms with Gasteiger partial charge in [-0.25, -0.2) is 9.67 Å². The van der Waals surface area contributed by atoms with Gasteiger partial charge < -0.3 is 5.32 Å². The molecule has 1 aromatic rings. The average Bonchev–Trinajstić information content (AvgIpc) is 2.35. The summed E-state index contributed by atoms with van der Waals surface area (Å²) >= 11 is 1.98. The number of nitrogens with zero attached hydrogens (tertiary/aromatic N) is 3. The van der Waals surface area contributed by atoms with Gasteiger partial charge in [-0.05, 0) is 0 Å². The smallest absolute Gasteiger partial charge is 0.241 e. The third-order valence-corrected chi connectivity index (χ3v) is 1.59. The first-order valence-corrected chi connectivity index (χ1v) is 4.06. The molecule has 0 unspecified atom stereocenters. The molecule has 1 rings (SSSR count). The molecule has 11 heavy (non-hydrogen) atoms. The van der Waals surface area contributed by atoms with Crippen molar-refractivity contribution < 1.29 is 4.79 Å². The Hall–Kier alpha value is -0.660. The lowest BCUT2D eigenvalue weighted by Crippen LogP contribution is -2.23. The molecule has 0 saturated carbocycles. The van der Waals surface area contributed by atoms with Crippen LogP contribution in [0.5, 0.6) is 0 Å². The van der Waals surface area contributed by atoms with Gasteiger partial charge in [-0.3, -0.25) is 4.79 Å². The fourth-order valence-electron chi connectivity index (χ4n) is 0.574. The zero-order valence-electron chi connectivity index (χ0n) is 5.91. The molecule has 5 nitrogen and oxygen atoms in total. The van der Waals surface area contributed by atoms with Crippen molar-refractivity contribution in [2.45, 2.75) is 6.54 Å². The van der Waals surface area contributed by atoms with E-state index in [-0.39, 0.29) is 12.5 Å². The van der Waals surface area contributed by atoms with Crippen LogP contribution in [-0.2, 0) is 11.3 Å². The highest BCUT2D eigenvalue weighted by Gasteiger charge is 2.00. The standard InChI is InChI=1S/C5H7IN4O/c1-7-4(11)2-10-3-8-5(6)9-10/h3H,2H2,1H3,(H,7,11). The molecular formula is C5H7IN4O. The molecular weight excluding hydrogens is 259 g/mol. The van der Waals surface area contributed by atoms with Crippen molar-refractivity contribution in [3.8, 4) is 0 Å². The van der Waals surface area contributed by atoms with E-state index in [9.17, 15) is 4.79 Å². The van der Waals surface area contributed by atoms with Gasteiger partial charge in [0.1, 0.15) is 12.9 Å². The number of carbonyl (C=O) groups excluding carboxylic acids is 1. The summed E-state index contributed by atoms with van der Waals surface area (Å²) in [5.74, 6) is -0.0775. The van der Waals surface area contributed by atoms with Crippen molar-refractivity contribution in [2.24, 2.45) is 0 Å². The Morgan fingerprint density at radius 3 is 3.09 bits per heavy atom. The predicted octanol–water partition coefficient (Wildman–Crippen LogP) is -0.371. The number of amides is 1. The molecule has 0 aliphatic rings. The van der Waals surface area contributed by atoms with E-state index in [1.807, 2.05) is 22.6 Å². The summed E-state index contributed by atoms with van der Waals surface area (Å²) < 4.78 is 2.13. The van der Waals surface area contributed by atoms with Crippen LogP contribution in [0.4, 0.5) is 0 Å². The number of likely N-dealkylation sites (N-methyl/N-ethyl adjacent to an activating group) is 1. The number of hydrogen-bond acceptors (Lipinski definition) is 3. The molecule has 0 fully saturated rings.